The minimum absolute atomic E-state index is 0.211. The van der Waals surface area contributed by atoms with Crippen LogP contribution in [0.2, 0.25) is 0 Å². The molecule has 0 amide bonds. The van der Waals surface area contributed by atoms with Gasteiger partial charge in [0, 0.05) is 0 Å². The molecule has 0 spiro atoms. The van der Waals surface area contributed by atoms with E-state index in [0.29, 0.717) is 0 Å². The third-order valence-electron chi connectivity index (χ3n) is 3.88. The molecule has 0 saturated carbocycles. The number of hydrogen-bond acceptors (Lipinski definition) is 2. The first kappa shape index (κ1) is 17.3. The molecule has 0 radical (unpaired) electrons. The van der Waals surface area contributed by atoms with Crippen molar-refractivity contribution in [1.82, 2.24) is 0 Å². The second-order valence-corrected chi connectivity index (χ2v) is 5.77. The normalized spacial score (nSPS) is 11.9. The summed E-state index contributed by atoms with van der Waals surface area (Å²) in [5.41, 5.74) is 0.782. The molecule has 2 nitrogen and oxygen atoms in total. The lowest BCUT2D eigenvalue weighted by Crippen LogP contribution is -2.27. The van der Waals surface area contributed by atoms with Gasteiger partial charge >= 0.3 is 8.69 Å². The Bertz CT molecular complexity index is 355. The molecule has 0 aliphatic carbocycles. The zero-order valence-electron chi connectivity index (χ0n) is 12.8. The van der Waals surface area contributed by atoms with Gasteiger partial charge in [-0.25, -0.2) is 4.57 Å². The molecular weight excluding hydrogens is 267 g/mol. The molecule has 1 rings (SSSR count). The molecule has 0 aliphatic heterocycles. The number of benzene rings is 1. The minimum atomic E-state index is -0.380. The van der Waals surface area contributed by atoms with Gasteiger partial charge in [-0.15, -0.1) is 0 Å². The van der Waals surface area contributed by atoms with Gasteiger partial charge in [0.1, 0.15) is 5.60 Å². The summed E-state index contributed by atoms with van der Waals surface area (Å²) in [7, 11) is -0.211. The second kappa shape index (κ2) is 10.1. The Morgan fingerprint density at radius 2 is 1.50 bits per heavy atom. The van der Waals surface area contributed by atoms with Crippen molar-refractivity contribution in [1.29, 1.82) is 0 Å². The lowest BCUT2D eigenvalue weighted by molar-refractivity contribution is 0.0560. The zero-order chi connectivity index (χ0) is 14.7. The summed E-state index contributed by atoms with van der Waals surface area (Å²) in [6, 6.07) is 10.3. The monoisotopic (exact) mass is 294 g/mol. The van der Waals surface area contributed by atoms with E-state index < -0.39 is 0 Å². The topological polar surface area (TPSA) is 26.3 Å². The van der Waals surface area contributed by atoms with Crippen LogP contribution in [0.1, 0.15) is 70.8 Å². The Hall–Kier alpha value is -0.720. The minimum Gasteiger partial charge on any atom is -0.283 e. The van der Waals surface area contributed by atoms with E-state index in [1.807, 2.05) is 18.2 Å². The molecule has 0 fully saturated rings. The summed E-state index contributed by atoms with van der Waals surface area (Å²) in [6.45, 7) is 4.40. The first-order valence-electron chi connectivity index (χ1n) is 7.85. The van der Waals surface area contributed by atoms with Crippen LogP contribution in [0.15, 0.2) is 30.3 Å². The van der Waals surface area contributed by atoms with Gasteiger partial charge in [-0.1, -0.05) is 82.7 Å². The van der Waals surface area contributed by atoms with Crippen LogP contribution < -0.4 is 0 Å². The first-order valence-corrected chi connectivity index (χ1v) is 8.58. The Morgan fingerprint density at radius 3 is 1.95 bits per heavy atom. The van der Waals surface area contributed by atoms with E-state index in [2.05, 4.69) is 26.0 Å². The van der Waals surface area contributed by atoms with Gasteiger partial charge in [-0.3, -0.25) is 4.52 Å². The van der Waals surface area contributed by atoms with Crippen LogP contribution in [0.25, 0.3) is 0 Å². The van der Waals surface area contributed by atoms with Crippen LogP contribution in [-0.4, -0.2) is 0 Å². The molecule has 0 saturated heterocycles. The van der Waals surface area contributed by atoms with Gasteiger partial charge in [-0.05, 0) is 18.4 Å². The van der Waals surface area contributed by atoms with Crippen molar-refractivity contribution in [2.75, 3.05) is 0 Å². The SMILES string of the molecule is CCCCCC(CCCCC)(OP=O)c1ccccc1. The largest absolute Gasteiger partial charge is 0.328 e. The van der Waals surface area contributed by atoms with Crippen LogP contribution in [0, 0.1) is 0 Å². The highest BCUT2D eigenvalue weighted by atomic mass is 31.1. The maximum atomic E-state index is 11.1. The molecule has 112 valence electrons. The van der Waals surface area contributed by atoms with E-state index in [-0.39, 0.29) is 14.3 Å². The Kier molecular flexibility index (Phi) is 8.73. The summed E-state index contributed by atoms with van der Waals surface area (Å²) in [5.74, 6) is 0. The highest BCUT2D eigenvalue weighted by Crippen LogP contribution is 2.39. The van der Waals surface area contributed by atoms with Crippen molar-refractivity contribution < 1.29 is 9.09 Å². The van der Waals surface area contributed by atoms with E-state index in [1.165, 1.54) is 25.7 Å². The average Bonchev–Trinajstić information content (AvgIpc) is 2.48. The molecule has 3 heteroatoms. The fraction of sp³-hybridized carbons (Fsp3) is 0.647. The molecule has 1 aromatic rings. The molecule has 0 aliphatic rings. The molecular formula is C17H27O2P. The van der Waals surface area contributed by atoms with E-state index in [4.69, 9.17) is 4.52 Å². The van der Waals surface area contributed by atoms with Gasteiger partial charge in [0.05, 0.1) is 0 Å². The Morgan fingerprint density at radius 1 is 0.950 bits per heavy atom. The smallest absolute Gasteiger partial charge is 0.283 e. The number of rotatable bonds is 11. The third kappa shape index (κ3) is 5.34. The van der Waals surface area contributed by atoms with Crippen molar-refractivity contribution in [2.24, 2.45) is 0 Å². The highest BCUT2D eigenvalue weighted by molar-refractivity contribution is 7.17. The molecule has 1 aromatic carbocycles. The summed E-state index contributed by atoms with van der Waals surface area (Å²) >= 11 is 0. The first-order chi connectivity index (χ1) is 9.79. The lowest BCUT2D eigenvalue weighted by Gasteiger charge is -2.32. The molecule has 20 heavy (non-hydrogen) atoms. The highest BCUT2D eigenvalue weighted by Gasteiger charge is 2.32. The van der Waals surface area contributed by atoms with E-state index in [0.717, 1.165) is 31.2 Å². The van der Waals surface area contributed by atoms with Gasteiger partial charge < -0.3 is 0 Å². The third-order valence-corrected chi connectivity index (χ3v) is 4.30. The van der Waals surface area contributed by atoms with Crippen molar-refractivity contribution in [3.05, 3.63) is 35.9 Å². The van der Waals surface area contributed by atoms with Crippen molar-refractivity contribution in [3.63, 3.8) is 0 Å². The maximum Gasteiger partial charge on any atom is 0.328 e. The molecule has 0 bridgehead atoms. The average molecular weight is 294 g/mol. The molecule has 0 aromatic heterocycles. The summed E-state index contributed by atoms with van der Waals surface area (Å²) < 4.78 is 16.9. The second-order valence-electron chi connectivity index (χ2n) is 5.44. The predicted molar refractivity (Wildman–Crippen MR) is 85.1 cm³/mol. The molecule has 0 heterocycles. The predicted octanol–water partition coefficient (Wildman–Crippen LogP) is 6.27. The summed E-state index contributed by atoms with van der Waals surface area (Å²) in [4.78, 5) is 0. The van der Waals surface area contributed by atoms with Crippen molar-refractivity contribution >= 4 is 8.69 Å². The van der Waals surface area contributed by atoms with Gasteiger partial charge in [0.25, 0.3) is 0 Å². The number of hydrogen-bond donors (Lipinski definition) is 0. The van der Waals surface area contributed by atoms with Crippen LogP contribution in [0.4, 0.5) is 0 Å². The summed E-state index contributed by atoms with van der Waals surface area (Å²) in [6.07, 6.45) is 8.90. The fourth-order valence-corrected chi connectivity index (χ4v) is 3.12. The maximum absolute atomic E-state index is 11.1. The van der Waals surface area contributed by atoms with Gasteiger partial charge in [0.15, 0.2) is 0 Å². The Balaban J connectivity index is 2.89. The molecule has 0 atom stereocenters. The Labute approximate surface area is 125 Å². The van der Waals surface area contributed by atoms with Crippen LogP contribution in [0.5, 0.6) is 0 Å². The van der Waals surface area contributed by atoms with Crippen LogP contribution in [0.3, 0.4) is 0 Å². The van der Waals surface area contributed by atoms with Gasteiger partial charge in [0.2, 0.25) is 0 Å². The molecule has 0 N–H and O–H groups in total. The van der Waals surface area contributed by atoms with E-state index in [1.54, 1.807) is 0 Å². The summed E-state index contributed by atoms with van der Waals surface area (Å²) in [5, 5.41) is 0. The number of unbranched alkanes of at least 4 members (excludes halogenated alkanes) is 4. The lowest BCUT2D eigenvalue weighted by atomic mass is 9.84. The quantitative estimate of drug-likeness (QED) is 0.355. The van der Waals surface area contributed by atoms with Gasteiger partial charge in [-0.2, -0.15) is 0 Å². The zero-order valence-corrected chi connectivity index (χ0v) is 13.7. The standard InChI is InChI=1S/C17H27O2P/c1-3-5-10-14-17(19-20-18,15-11-6-4-2)16-12-8-7-9-13-16/h7-9,12-13H,3-6,10-11,14-15H2,1-2H3. The van der Waals surface area contributed by atoms with Crippen molar-refractivity contribution in [3.8, 4) is 0 Å². The van der Waals surface area contributed by atoms with E-state index in [9.17, 15) is 4.57 Å². The van der Waals surface area contributed by atoms with Crippen molar-refractivity contribution in [2.45, 2.75) is 70.8 Å². The molecule has 0 unspecified atom stereocenters. The fourth-order valence-electron chi connectivity index (χ4n) is 2.69. The van der Waals surface area contributed by atoms with Crippen LogP contribution in [-0.2, 0) is 14.7 Å². The van der Waals surface area contributed by atoms with E-state index >= 15 is 0 Å². The van der Waals surface area contributed by atoms with Crippen LogP contribution >= 0.6 is 8.69 Å².